The quantitative estimate of drug-likeness (QED) is 0.457. The Morgan fingerprint density at radius 3 is 2.67 bits per heavy atom. The van der Waals surface area contributed by atoms with Crippen LogP contribution in [0.2, 0.25) is 0 Å². The van der Waals surface area contributed by atoms with Crippen molar-refractivity contribution in [2.24, 2.45) is 0 Å². The van der Waals surface area contributed by atoms with Crippen LogP contribution in [0.3, 0.4) is 0 Å². The van der Waals surface area contributed by atoms with Crippen molar-refractivity contribution in [3.8, 4) is 5.75 Å². The molecule has 0 aliphatic rings. The highest BCUT2D eigenvalue weighted by Crippen LogP contribution is 2.25. The number of hydrogen-bond acceptors (Lipinski definition) is 6. The number of carbonyl (C=O) groups is 2. The molecule has 0 fully saturated rings. The summed E-state index contributed by atoms with van der Waals surface area (Å²) in [7, 11) is 0. The van der Waals surface area contributed by atoms with Crippen molar-refractivity contribution in [3.63, 3.8) is 0 Å². The molecule has 0 bridgehead atoms. The number of para-hydroxylation sites is 2. The van der Waals surface area contributed by atoms with Gasteiger partial charge >= 0.3 is 11.7 Å². The number of esters is 1. The molecule has 1 aromatic carbocycles. The van der Waals surface area contributed by atoms with Crippen LogP contribution in [0.5, 0.6) is 5.75 Å². The van der Waals surface area contributed by atoms with Crippen LogP contribution >= 0.6 is 0 Å². The molecule has 1 aromatic rings. The van der Waals surface area contributed by atoms with Gasteiger partial charge in [-0.3, -0.25) is 14.9 Å². The molecule has 0 saturated heterocycles. The third kappa shape index (κ3) is 5.09. The van der Waals surface area contributed by atoms with E-state index in [2.05, 4.69) is 5.32 Å². The Morgan fingerprint density at radius 2 is 2.05 bits per heavy atom. The van der Waals surface area contributed by atoms with Crippen LogP contribution in [0.4, 0.5) is 5.69 Å². The molecule has 0 spiro atoms. The second kappa shape index (κ2) is 7.83. The summed E-state index contributed by atoms with van der Waals surface area (Å²) in [5.74, 6) is -1.24. The van der Waals surface area contributed by atoms with Gasteiger partial charge in [-0.15, -0.1) is 0 Å². The average Bonchev–Trinajstić information content (AvgIpc) is 2.45. The Kier molecular flexibility index (Phi) is 6.12. The number of ether oxygens (including phenoxy) is 2. The standard InChI is InChI=1S/C13H16N2O6/c1-3-14-13(17)9(2)21-12(16)8-20-11-7-5-4-6-10(11)15(18)19/h4-7,9H,3,8H2,1-2H3,(H,14,17)/t9-/m1/s1. The van der Waals surface area contributed by atoms with Gasteiger partial charge in [-0.1, -0.05) is 12.1 Å². The molecule has 21 heavy (non-hydrogen) atoms. The van der Waals surface area contributed by atoms with Gasteiger partial charge < -0.3 is 14.8 Å². The molecule has 0 radical (unpaired) electrons. The molecule has 8 heteroatoms. The molecule has 0 aromatic heterocycles. The van der Waals surface area contributed by atoms with Crippen molar-refractivity contribution in [1.29, 1.82) is 0 Å². The maximum Gasteiger partial charge on any atom is 0.344 e. The number of hydrogen-bond donors (Lipinski definition) is 1. The van der Waals surface area contributed by atoms with E-state index in [1.165, 1.54) is 25.1 Å². The summed E-state index contributed by atoms with van der Waals surface area (Å²) < 4.78 is 9.89. The lowest BCUT2D eigenvalue weighted by atomic mass is 10.3. The topological polar surface area (TPSA) is 108 Å². The first-order chi connectivity index (χ1) is 9.95. The Labute approximate surface area is 121 Å². The van der Waals surface area contributed by atoms with Crippen LogP contribution in [0.15, 0.2) is 24.3 Å². The molecule has 8 nitrogen and oxygen atoms in total. The molecule has 114 valence electrons. The van der Waals surface area contributed by atoms with Gasteiger partial charge in [-0.25, -0.2) is 4.79 Å². The molecule has 1 rings (SSSR count). The maximum absolute atomic E-state index is 11.5. The molecular formula is C13H16N2O6. The smallest absolute Gasteiger partial charge is 0.344 e. The Balaban J connectivity index is 2.54. The maximum atomic E-state index is 11.5. The summed E-state index contributed by atoms with van der Waals surface area (Å²) in [5, 5.41) is 13.3. The van der Waals surface area contributed by atoms with E-state index in [0.29, 0.717) is 6.54 Å². The van der Waals surface area contributed by atoms with E-state index >= 15 is 0 Å². The van der Waals surface area contributed by atoms with Gasteiger partial charge in [-0.2, -0.15) is 0 Å². The van der Waals surface area contributed by atoms with Crippen LogP contribution in [0, 0.1) is 10.1 Å². The number of amides is 1. The van der Waals surface area contributed by atoms with Crippen molar-refractivity contribution in [2.75, 3.05) is 13.2 Å². The summed E-state index contributed by atoms with van der Waals surface area (Å²) in [6.07, 6.45) is -0.952. The number of likely N-dealkylation sites (N-methyl/N-ethyl adjacent to an activating group) is 1. The van der Waals surface area contributed by atoms with Crippen molar-refractivity contribution in [2.45, 2.75) is 20.0 Å². The minimum Gasteiger partial charge on any atom is -0.475 e. The third-order valence-corrected chi connectivity index (χ3v) is 2.44. The van der Waals surface area contributed by atoms with E-state index in [0.717, 1.165) is 0 Å². The fourth-order valence-electron chi connectivity index (χ4n) is 1.47. The van der Waals surface area contributed by atoms with Gasteiger partial charge in [0.05, 0.1) is 4.92 Å². The lowest BCUT2D eigenvalue weighted by Gasteiger charge is -2.13. The van der Waals surface area contributed by atoms with Crippen molar-refractivity contribution in [3.05, 3.63) is 34.4 Å². The van der Waals surface area contributed by atoms with Crippen LogP contribution in [-0.4, -0.2) is 36.1 Å². The first-order valence-corrected chi connectivity index (χ1v) is 6.29. The molecule has 1 N–H and O–H groups in total. The number of benzene rings is 1. The predicted octanol–water partition coefficient (Wildman–Crippen LogP) is 1.04. The lowest BCUT2D eigenvalue weighted by molar-refractivity contribution is -0.385. The number of nitrogens with zero attached hydrogens (tertiary/aromatic N) is 1. The lowest BCUT2D eigenvalue weighted by Crippen LogP contribution is -2.36. The Bertz CT molecular complexity index is 531. The third-order valence-electron chi connectivity index (χ3n) is 2.44. The van der Waals surface area contributed by atoms with Crippen LogP contribution < -0.4 is 10.1 Å². The fraction of sp³-hybridized carbons (Fsp3) is 0.385. The first-order valence-electron chi connectivity index (χ1n) is 6.29. The van der Waals surface area contributed by atoms with E-state index in [1.54, 1.807) is 13.0 Å². The summed E-state index contributed by atoms with van der Waals surface area (Å²) >= 11 is 0. The first kappa shape index (κ1) is 16.4. The van der Waals surface area contributed by atoms with Crippen molar-refractivity contribution >= 4 is 17.6 Å². The summed E-state index contributed by atoms with van der Waals surface area (Å²) in [5.41, 5.74) is -0.248. The Morgan fingerprint density at radius 1 is 1.38 bits per heavy atom. The molecule has 0 saturated carbocycles. The monoisotopic (exact) mass is 296 g/mol. The zero-order valence-electron chi connectivity index (χ0n) is 11.7. The molecule has 0 aliphatic carbocycles. The normalized spacial score (nSPS) is 11.3. The second-order valence-corrected chi connectivity index (χ2v) is 4.04. The fourth-order valence-corrected chi connectivity index (χ4v) is 1.47. The second-order valence-electron chi connectivity index (χ2n) is 4.04. The molecule has 0 unspecified atom stereocenters. The summed E-state index contributed by atoms with van der Waals surface area (Å²) in [6, 6.07) is 5.67. The SMILES string of the molecule is CCNC(=O)[C@@H](C)OC(=O)COc1ccccc1[N+](=O)[O-]. The van der Waals surface area contributed by atoms with E-state index in [9.17, 15) is 19.7 Å². The Hall–Kier alpha value is -2.64. The molecule has 1 amide bonds. The van der Waals surface area contributed by atoms with Gasteiger partial charge in [0.1, 0.15) is 0 Å². The van der Waals surface area contributed by atoms with Crippen LogP contribution in [-0.2, 0) is 14.3 Å². The number of nitrogens with one attached hydrogen (secondary N) is 1. The number of nitro groups is 1. The van der Waals surface area contributed by atoms with Gasteiger partial charge in [-0.05, 0) is 19.9 Å². The van der Waals surface area contributed by atoms with Gasteiger partial charge in [0.25, 0.3) is 5.91 Å². The van der Waals surface area contributed by atoms with E-state index in [1.807, 2.05) is 0 Å². The minimum absolute atomic E-state index is 0.0369. The van der Waals surface area contributed by atoms with E-state index in [-0.39, 0.29) is 11.4 Å². The van der Waals surface area contributed by atoms with Crippen molar-refractivity contribution in [1.82, 2.24) is 5.32 Å². The molecule has 1 atom stereocenters. The van der Waals surface area contributed by atoms with Crippen molar-refractivity contribution < 1.29 is 24.0 Å². The number of nitro benzene ring substituents is 1. The highest BCUT2D eigenvalue weighted by atomic mass is 16.6. The largest absolute Gasteiger partial charge is 0.475 e. The van der Waals surface area contributed by atoms with Gasteiger partial charge in [0.2, 0.25) is 0 Å². The summed E-state index contributed by atoms with van der Waals surface area (Å²) in [4.78, 5) is 33.0. The minimum atomic E-state index is -0.952. The average molecular weight is 296 g/mol. The highest BCUT2D eigenvalue weighted by molar-refractivity contribution is 5.83. The predicted molar refractivity (Wildman–Crippen MR) is 72.8 cm³/mol. The van der Waals surface area contributed by atoms with Gasteiger partial charge in [0.15, 0.2) is 18.5 Å². The molecular weight excluding hydrogens is 280 g/mol. The number of rotatable bonds is 7. The molecule has 0 heterocycles. The van der Waals surface area contributed by atoms with E-state index in [4.69, 9.17) is 9.47 Å². The number of carbonyl (C=O) groups excluding carboxylic acids is 2. The van der Waals surface area contributed by atoms with Gasteiger partial charge in [0, 0.05) is 12.6 Å². The highest BCUT2D eigenvalue weighted by Gasteiger charge is 2.19. The van der Waals surface area contributed by atoms with E-state index < -0.39 is 29.5 Å². The zero-order chi connectivity index (χ0) is 15.8. The molecule has 0 aliphatic heterocycles. The zero-order valence-corrected chi connectivity index (χ0v) is 11.7. The van der Waals surface area contributed by atoms with Crippen LogP contribution in [0.1, 0.15) is 13.8 Å². The summed E-state index contributed by atoms with van der Waals surface area (Å²) in [6.45, 7) is 3.07. The van der Waals surface area contributed by atoms with Crippen LogP contribution in [0.25, 0.3) is 0 Å².